The van der Waals surface area contributed by atoms with Gasteiger partial charge in [-0.1, -0.05) is 36.4 Å². The summed E-state index contributed by atoms with van der Waals surface area (Å²) in [7, 11) is 0. The highest BCUT2D eigenvalue weighted by Crippen LogP contribution is 2.30. The second-order valence-electron chi connectivity index (χ2n) is 5.62. The number of carbonyl (C=O) groups excluding carboxylic acids is 2. The van der Waals surface area contributed by atoms with Gasteiger partial charge in [-0.3, -0.25) is 9.59 Å². The Morgan fingerprint density at radius 3 is 2.22 bits per heavy atom. The van der Waals surface area contributed by atoms with Crippen LogP contribution in [0, 0.1) is 10.8 Å². The van der Waals surface area contributed by atoms with E-state index in [4.69, 9.17) is 0 Å². The molecule has 3 aromatic rings. The summed E-state index contributed by atoms with van der Waals surface area (Å²) in [6.45, 7) is 0. The van der Waals surface area contributed by atoms with Gasteiger partial charge in [0.05, 0.1) is 0 Å². The number of hydrogen-bond donors (Lipinski definition) is 0. The van der Waals surface area contributed by atoms with Gasteiger partial charge in [-0.2, -0.15) is 0 Å². The van der Waals surface area contributed by atoms with E-state index in [2.05, 4.69) is 11.2 Å². The molecule has 0 aliphatic heterocycles. The van der Waals surface area contributed by atoms with Crippen LogP contribution in [0.5, 0.6) is 0 Å². The molecule has 23 heavy (non-hydrogen) atoms. The van der Waals surface area contributed by atoms with E-state index in [-0.39, 0.29) is 5.78 Å². The molecule has 4 heteroatoms. The summed E-state index contributed by atoms with van der Waals surface area (Å²) in [5, 5.41) is 6.54. The van der Waals surface area contributed by atoms with Crippen LogP contribution in [0.3, 0.4) is 0 Å². The Morgan fingerprint density at radius 2 is 1.57 bits per heavy atom. The maximum absolute atomic E-state index is 12.5. The lowest BCUT2D eigenvalue weighted by molar-refractivity contribution is -0.119. The van der Waals surface area contributed by atoms with Crippen LogP contribution >= 0.6 is 0 Å². The highest BCUT2D eigenvalue weighted by molar-refractivity contribution is 6.17. The molecule has 3 aromatic carbocycles. The first-order chi connectivity index (χ1) is 11.2. The molecule has 0 aromatic heterocycles. The van der Waals surface area contributed by atoms with Crippen molar-refractivity contribution in [3.05, 3.63) is 70.6 Å². The number of fused-ring (bicyclic) bond motifs is 3. The fraction of sp³-hybridized carbons (Fsp3) is 0.0526. The Labute approximate surface area is 131 Å². The number of nitroso groups, excluding NO2 is 1. The largest absolute Gasteiger partial charge is 0.300 e. The Morgan fingerprint density at radius 1 is 0.913 bits per heavy atom. The SMILES string of the molecule is O=NC(=O)C1C=Cc2cc3cc4ccccc4cc3cc2C1=O. The first-order valence-electron chi connectivity index (χ1n) is 7.23. The summed E-state index contributed by atoms with van der Waals surface area (Å²) in [6.07, 6.45) is 3.15. The molecular formula is C19H11NO3. The summed E-state index contributed by atoms with van der Waals surface area (Å²) in [5.74, 6) is -2.42. The molecule has 1 atom stereocenters. The Hall–Kier alpha value is -3.14. The van der Waals surface area contributed by atoms with Crippen molar-refractivity contribution < 1.29 is 9.59 Å². The number of benzene rings is 3. The van der Waals surface area contributed by atoms with Gasteiger partial charge in [0.25, 0.3) is 0 Å². The lowest BCUT2D eigenvalue weighted by Crippen LogP contribution is -2.23. The summed E-state index contributed by atoms with van der Waals surface area (Å²) in [5.41, 5.74) is 1.21. The molecule has 1 unspecified atom stereocenters. The van der Waals surface area contributed by atoms with Crippen LogP contribution in [0.2, 0.25) is 0 Å². The molecule has 0 N–H and O–H groups in total. The lowest BCUT2D eigenvalue weighted by atomic mass is 9.86. The van der Waals surface area contributed by atoms with Gasteiger partial charge in [0.2, 0.25) is 0 Å². The minimum absolute atomic E-state index is 0.373. The molecule has 1 aliphatic rings. The highest BCUT2D eigenvalue weighted by Gasteiger charge is 2.30. The van der Waals surface area contributed by atoms with E-state index in [1.54, 1.807) is 12.1 Å². The molecule has 1 aliphatic carbocycles. The summed E-state index contributed by atoms with van der Waals surface area (Å²) < 4.78 is 0. The van der Waals surface area contributed by atoms with Crippen molar-refractivity contribution in [3.63, 3.8) is 0 Å². The molecule has 0 bridgehead atoms. The standard InChI is InChI=1S/C19H11NO3/c21-18-16(19(22)20-23)6-5-13-9-14-7-11-3-1-2-4-12(11)8-15(14)10-17(13)18/h1-10,16H. The number of rotatable bonds is 1. The molecule has 1 amide bonds. The third-order valence-electron chi connectivity index (χ3n) is 4.25. The maximum atomic E-state index is 12.5. The van der Waals surface area contributed by atoms with Crippen molar-refractivity contribution >= 4 is 39.3 Å². The van der Waals surface area contributed by atoms with E-state index >= 15 is 0 Å². The van der Waals surface area contributed by atoms with Crippen LogP contribution in [0.4, 0.5) is 0 Å². The minimum atomic E-state index is -1.10. The second kappa shape index (κ2) is 4.95. The summed E-state index contributed by atoms with van der Waals surface area (Å²) in [6, 6.07) is 15.8. The van der Waals surface area contributed by atoms with Crippen molar-refractivity contribution in [2.45, 2.75) is 0 Å². The normalized spacial score (nSPS) is 16.5. The van der Waals surface area contributed by atoms with Gasteiger partial charge in [0, 0.05) is 10.7 Å². The van der Waals surface area contributed by atoms with Crippen LogP contribution in [-0.4, -0.2) is 11.7 Å². The number of hydrogen-bond acceptors (Lipinski definition) is 3. The van der Waals surface area contributed by atoms with Crippen LogP contribution < -0.4 is 0 Å². The van der Waals surface area contributed by atoms with Crippen molar-refractivity contribution in [1.29, 1.82) is 0 Å². The van der Waals surface area contributed by atoms with E-state index in [9.17, 15) is 14.5 Å². The fourth-order valence-corrected chi connectivity index (χ4v) is 3.07. The monoisotopic (exact) mass is 301 g/mol. The average Bonchev–Trinajstić information content (AvgIpc) is 2.58. The van der Waals surface area contributed by atoms with Crippen molar-refractivity contribution in [2.75, 3.05) is 0 Å². The third-order valence-corrected chi connectivity index (χ3v) is 4.25. The van der Waals surface area contributed by atoms with Crippen LogP contribution in [0.25, 0.3) is 27.6 Å². The van der Waals surface area contributed by atoms with Gasteiger partial charge < -0.3 is 0 Å². The van der Waals surface area contributed by atoms with Gasteiger partial charge in [0.15, 0.2) is 5.78 Å². The fourth-order valence-electron chi connectivity index (χ4n) is 3.07. The van der Waals surface area contributed by atoms with E-state index in [0.29, 0.717) is 5.56 Å². The first kappa shape index (κ1) is 13.5. The van der Waals surface area contributed by atoms with Gasteiger partial charge in [-0.25, -0.2) is 0 Å². The Balaban J connectivity index is 1.94. The number of Topliss-reactive ketones (excluding diaryl/α,β-unsaturated/α-hetero) is 1. The Bertz CT molecular complexity index is 1030. The van der Waals surface area contributed by atoms with E-state index in [0.717, 1.165) is 27.1 Å². The zero-order valence-electron chi connectivity index (χ0n) is 12.0. The van der Waals surface area contributed by atoms with Crippen LogP contribution in [0.1, 0.15) is 15.9 Å². The molecule has 0 heterocycles. The molecule has 0 fully saturated rings. The Kier molecular flexibility index (Phi) is 2.91. The minimum Gasteiger partial charge on any atom is -0.293 e. The zero-order chi connectivity index (χ0) is 16.0. The summed E-state index contributed by atoms with van der Waals surface area (Å²) >= 11 is 0. The van der Waals surface area contributed by atoms with Crippen LogP contribution in [0.15, 0.2) is 59.8 Å². The molecule has 110 valence electrons. The van der Waals surface area contributed by atoms with Gasteiger partial charge in [0.1, 0.15) is 5.92 Å². The first-order valence-corrected chi connectivity index (χ1v) is 7.23. The smallest absolute Gasteiger partial charge is 0.293 e. The average molecular weight is 301 g/mol. The number of nitrogens with zero attached hydrogens (tertiary/aromatic N) is 1. The number of carbonyl (C=O) groups is 2. The van der Waals surface area contributed by atoms with E-state index in [1.165, 1.54) is 6.08 Å². The lowest BCUT2D eigenvalue weighted by Gasteiger charge is -2.16. The molecule has 0 saturated carbocycles. The molecule has 0 spiro atoms. The molecule has 4 nitrogen and oxygen atoms in total. The van der Waals surface area contributed by atoms with Crippen molar-refractivity contribution in [1.82, 2.24) is 0 Å². The maximum Gasteiger partial charge on any atom is 0.300 e. The second-order valence-corrected chi connectivity index (χ2v) is 5.62. The van der Waals surface area contributed by atoms with Crippen molar-refractivity contribution in [2.24, 2.45) is 11.1 Å². The zero-order valence-corrected chi connectivity index (χ0v) is 12.0. The highest BCUT2D eigenvalue weighted by atomic mass is 16.3. The molecule has 4 rings (SSSR count). The van der Waals surface area contributed by atoms with Gasteiger partial charge >= 0.3 is 5.91 Å². The summed E-state index contributed by atoms with van der Waals surface area (Å²) in [4.78, 5) is 34.4. The van der Waals surface area contributed by atoms with Crippen molar-refractivity contribution in [3.8, 4) is 0 Å². The molecule has 0 radical (unpaired) electrons. The predicted molar refractivity (Wildman–Crippen MR) is 89.1 cm³/mol. The number of amides is 1. The third kappa shape index (κ3) is 2.07. The quantitative estimate of drug-likeness (QED) is 0.386. The van der Waals surface area contributed by atoms with E-state index in [1.807, 2.05) is 36.4 Å². The van der Waals surface area contributed by atoms with Gasteiger partial charge in [-0.15, -0.1) is 4.91 Å². The molecule has 0 saturated heterocycles. The predicted octanol–water partition coefficient (Wildman–Crippen LogP) is 4.11. The van der Waals surface area contributed by atoms with Crippen LogP contribution in [-0.2, 0) is 4.79 Å². The molecular weight excluding hydrogens is 290 g/mol. The van der Waals surface area contributed by atoms with E-state index < -0.39 is 11.8 Å². The topological polar surface area (TPSA) is 63.6 Å². The number of ketones is 1. The van der Waals surface area contributed by atoms with Gasteiger partial charge in [-0.05, 0) is 51.4 Å².